The fraction of sp³-hybridized carbons (Fsp3) is 0.125. The summed E-state index contributed by atoms with van der Waals surface area (Å²) in [5, 5.41) is 0. The average Bonchev–Trinajstić information content (AvgIpc) is 2.46. The molecule has 0 N–H and O–H groups in total. The lowest BCUT2D eigenvalue weighted by molar-refractivity contribution is 0.145. The Balaban J connectivity index is 2.71. The van der Waals surface area contributed by atoms with E-state index in [9.17, 15) is 8.78 Å². The predicted molar refractivity (Wildman–Crippen MR) is 47.8 cm³/mol. The van der Waals surface area contributed by atoms with Crippen molar-refractivity contribution in [2.24, 2.45) is 0 Å². The van der Waals surface area contributed by atoms with Crippen molar-refractivity contribution >= 4 is 21.6 Å². The van der Waals surface area contributed by atoms with Gasteiger partial charge in [-0.05, 0) is 28.1 Å². The van der Waals surface area contributed by atoms with Crippen molar-refractivity contribution in [1.82, 2.24) is 9.38 Å². The minimum atomic E-state index is -2.50. The van der Waals surface area contributed by atoms with E-state index < -0.39 is 6.43 Å². The first kappa shape index (κ1) is 8.62. The van der Waals surface area contributed by atoms with Gasteiger partial charge in [-0.1, -0.05) is 0 Å². The molecule has 2 aromatic heterocycles. The maximum Gasteiger partial charge on any atom is 0.280 e. The van der Waals surface area contributed by atoms with Crippen LogP contribution in [0.2, 0.25) is 0 Å². The summed E-state index contributed by atoms with van der Waals surface area (Å²) < 4.78 is 26.9. The minimum Gasteiger partial charge on any atom is -0.298 e. The third-order valence-electron chi connectivity index (χ3n) is 1.72. The molecule has 0 saturated carbocycles. The highest BCUT2D eigenvalue weighted by Crippen LogP contribution is 2.21. The molecule has 2 heterocycles. The zero-order chi connectivity index (χ0) is 9.42. The van der Waals surface area contributed by atoms with Gasteiger partial charge in [-0.2, -0.15) is 0 Å². The fourth-order valence-corrected chi connectivity index (χ4v) is 1.47. The van der Waals surface area contributed by atoms with E-state index in [4.69, 9.17) is 0 Å². The molecule has 0 amide bonds. The van der Waals surface area contributed by atoms with Crippen LogP contribution in [-0.4, -0.2) is 9.38 Å². The first-order valence-corrected chi connectivity index (χ1v) is 4.38. The van der Waals surface area contributed by atoms with Crippen LogP contribution in [0, 0.1) is 0 Å². The van der Waals surface area contributed by atoms with Crippen molar-refractivity contribution in [2.75, 3.05) is 0 Å². The second-order valence-corrected chi connectivity index (χ2v) is 3.47. The van der Waals surface area contributed by atoms with Gasteiger partial charge < -0.3 is 0 Å². The highest BCUT2D eigenvalue weighted by molar-refractivity contribution is 9.10. The highest BCUT2D eigenvalue weighted by Gasteiger charge is 2.12. The Kier molecular flexibility index (Phi) is 2.03. The van der Waals surface area contributed by atoms with Crippen molar-refractivity contribution < 1.29 is 8.78 Å². The molecule has 0 fully saturated rings. The monoisotopic (exact) mass is 246 g/mol. The molecule has 13 heavy (non-hydrogen) atoms. The number of alkyl halides is 2. The molecule has 2 rings (SSSR count). The van der Waals surface area contributed by atoms with E-state index in [0.29, 0.717) is 5.65 Å². The lowest BCUT2D eigenvalue weighted by Gasteiger charge is -1.99. The smallest absolute Gasteiger partial charge is 0.280 e. The number of aromatic nitrogens is 2. The summed E-state index contributed by atoms with van der Waals surface area (Å²) in [4.78, 5) is 3.84. The molecule has 0 atom stereocenters. The van der Waals surface area contributed by atoms with Crippen molar-refractivity contribution in [3.05, 3.63) is 34.7 Å². The van der Waals surface area contributed by atoms with Gasteiger partial charge in [0.05, 0.1) is 6.20 Å². The van der Waals surface area contributed by atoms with Crippen LogP contribution in [-0.2, 0) is 0 Å². The van der Waals surface area contributed by atoms with Gasteiger partial charge in [0.2, 0.25) is 0 Å². The first-order chi connectivity index (χ1) is 6.18. The zero-order valence-corrected chi connectivity index (χ0v) is 8.00. The van der Waals surface area contributed by atoms with Crippen LogP contribution < -0.4 is 0 Å². The van der Waals surface area contributed by atoms with E-state index in [0.717, 1.165) is 4.47 Å². The van der Waals surface area contributed by atoms with E-state index in [-0.39, 0.29) is 5.69 Å². The first-order valence-electron chi connectivity index (χ1n) is 3.59. The molecule has 0 aliphatic heterocycles. The van der Waals surface area contributed by atoms with E-state index in [1.54, 1.807) is 18.3 Å². The standard InChI is InChI=1S/C8H5BrF2N2/c9-5-1-2-7-12-3-6(8(10)11)13(7)4-5/h1-4,8H. The summed E-state index contributed by atoms with van der Waals surface area (Å²) in [6, 6.07) is 3.44. The molecule has 0 bridgehead atoms. The van der Waals surface area contributed by atoms with Crippen molar-refractivity contribution in [3.63, 3.8) is 0 Å². The van der Waals surface area contributed by atoms with Crippen LogP contribution in [0.3, 0.4) is 0 Å². The van der Waals surface area contributed by atoms with E-state index >= 15 is 0 Å². The van der Waals surface area contributed by atoms with E-state index in [1.165, 1.54) is 10.6 Å². The highest BCUT2D eigenvalue weighted by atomic mass is 79.9. The van der Waals surface area contributed by atoms with Crippen LogP contribution in [0.5, 0.6) is 0 Å². The molecular weight excluding hydrogens is 242 g/mol. The molecule has 0 unspecified atom stereocenters. The molecule has 5 heteroatoms. The van der Waals surface area contributed by atoms with Crippen LogP contribution in [0.1, 0.15) is 12.1 Å². The largest absolute Gasteiger partial charge is 0.298 e. The second kappa shape index (κ2) is 3.06. The number of nitrogens with zero attached hydrogens (tertiary/aromatic N) is 2. The number of imidazole rings is 1. The maximum absolute atomic E-state index is 12.4. The Morgan fingerprint density at radius 1 is 1.38 bits per heavy atom. The molecule has 0 aliphatic carbocycles. The number of hydrogen-bond donors (Lipinski definition) is 0. The quantitative estimate of drug-likeness (QED) is 0.757. The third-order valence-corrected chi connectivity index (χ3v) is 2.19. The van der Waals surface area contributed by atoms with Gasteiger partial charge in [0.25, 0.3) is 6.43 Å². The van der Waals surface area contributed by atoms with Crippen LogP contribution in [0.15, 0.2) is 29.0 Å². The fourth-order valence-electron chi connectivity index (χ4n) is 1.13. The Bertz CT molecular complexity index is 439. The Labute approximate surface area is 81.3 Å². The summed E-state index contributed by atoms with van der Waals surface area (Å²) >= 11 is 3.21. The number of pyridine rings is 1. The molecule has 2 nitrogen and oxygen atoms in total. The molecule has 0 spiro atoms. The molecule has 68 valence electrons. The Hall–Kier alpha value is -0.970. The second-order valence-electron chi connectivity index (χ2n) is 2.56. The lowest BCUT2D eigenvalue weighted by Crippen LogP contribution is -1.92. The summed E-state index contributed by atoms with van der Waals surface area (Å²) in [7, 11) is 0. The van der Waals surface area contributed by atoms with Gasteiger partial charge in [-0.25, -0.2) is 13.8 Å². The van der Waals surface area contributed by atoms with Gasteiger partial charge in [-0.15, -0.1) is 0 Å². The van der Waals surface area contributed by atoms with Crippen LogP contribution in [0.4, 0.5) is 8.78 Å². The molecule has 2 aromatic rings. The summed E-state index contributed by atoms with van der Waals surface area (Å²) in [5.41, 5.74) is 0.440. The topological polar surface area (TPSA) is 17.3 Å². The average molecular weight is 247 g/mol. The zero-order valence-electron chi connectivity index (χ0n) is 6.42. The molecule has 0 aromatic carbocycles. The molecular formula is C8H5BrF2N2. The van der Waals surface area contributed by atoms with Gasteiger partial charge in [0, 0.05) is 10.7 Å². The van der Waals surface area contributed by atoms with E-state index in [1.807, 2.05) is 0 Å². The minimum absolute atomic E-state index is 0.0868. The molecule has 0 aliphatic rings. The molecule has 0 saturated heterocycles. The van der Waals surface area contributed by atoms with E-state index in [2.05, 4.69) is 20.9 Å². The lowest BCUT2D eigenvalue weighted by atomic mass is 10.4. The van der Waals surface area contributed by atoms with Gasteiger partial charge in [0.15, 0.2) is 0 Å². The van der Waals surface area contributed by atoms with Gasteiger partial charge in [-0.3, -0.25) is 4.40 Å². The van der Waals surface area contributed by atoms with Crippen LogP contribution in [0.25, 0.3) is 5.65 Å². The Morgan fingerprint density at radius 2 is 2.15 bits per heavy atom. The third kappa shape index (κ3) is 1.44. The number of fused-ring (bicyclic) bond motifs is 1. The number of halogens is 3. The van der Waals surface area contributed by atoms with Crippen LogP contribution >= 0.6 is 15.9 Å². The maximum atomic E-state index is 12.4. The van der Waals surface area contributed by atoms with Crippen molar-refractivity contribution in [1.29, 1.82) is 0 Å². The van der Waals surface area contributed by atoms with Crippen molar-refractivity contribution in [3.8, 4) is 0 Å². The number of rotatable bonds is 1. The predicted octanol–water partition coefficient (Wildman–Crippen LogP) is 3.03. The number of hydrogen-bond acceptors (Lipinski definition) is 1. The van der Waals surface area contributed by atoms with Gasteiger partial charge >= 0.3 is 0 Å². The normalized spacial score (nSPS) is 11.4. The summed E-state index contributed by atoms with van der Waals surface area (Å²) in [6.45, 7) is 0. The molecule has 0 radical (unpaired) electrons. The summed E-state index contributed by atoms with van der Waals surface area (Å²) in [6.07, 6.45) is 0.264. The van der Waals surface area contributed by atoms with Crippen molar-refractivity contribution in [2.45, 2.75) is 6.43 Å². The SMILES string of the molecule is FC(F)c1cnc2ccc(Br)cn12. The summed E-state index contributed by atoms with van der Waals surface area (Å²) in [5.74, 6) is 0. The van der Waals surface area contributed by atoms with Gasteiger partial charge in [0.1, 0.15) is 11.3 Å². The Morgan fingerprint density at radius 3 is 2.85 bits per heavy atom.